The fourth-order valence-corrected chi connectivity index (χ4v) is 3.36. The van der Waals surface area contributed by atoms with E-state index >= 15 is 0 Å². The van der Waals surface area contributed by atoms with Gasteiger partial charge in [-0.3, -0.25) is 14.5 Å². The van der Waals surface area contributed by atoms with Crippen molar-refractivity contribution in [3.05, 3.63) is 71.0 Å². The predicted molar refractivity (Wildman–Crippen MR) is 93.7 cm³/mol. The van der Waals surface area contributed by atoms with Gasteiger partial charge >= 0.3 is 0 Å². The highest BCUT2D eigenvalue weighted by molar-refractivity contribution is 5.96. The highest BCUT2D eigenvalue weighted by Gasteiger charge is 2.27. The third kappa shape index (κ3) is 4.31. The molecule has 1 heterocycles. The van der Waals surface area contributed by atoms with Crippen LogP contribution in [0.3, 0.4) is 0 Å². The highest BCUT2D eigenvalue weighted by Crippen LogP contribution is 2.24. The maximum Gasteiger partial charge on any atom is 0.248 e. The zero-order valence-corrected chi connectivity index (χ0v) is 14.0. The maximum absolute atomic E-state index is 13.0. The zero-order chi connectivity index (χ0) is 17.8. The molecule has 1 aliphatic heterocycles. The zero-order valence-electron chi connectivity index (χ0n) is 14.0. The van der Waals surface area contributed by atoms with Crippen molar-refractivity contribution in [1.82, 2.24) is 4.90 Å². The number of hydrogen-bond donors (Lipinski definition) is 1. The Hall–Kier alpha value is -2.53. The van der Waals surface area contributed by atoms with Crippen LogP contribution in [-0.4, -0.2) is 29.2 Å². The van der Waals surface area contributed by atoms with Gasteiger partial charge in [0.1, 0.15) is 5.82 Å². The number of halogens is 1. The van der Waals surface area contributed by atoms with Gasteiger partial charge in [0.05, 0.1) is 0 Å². The van der Waals surface area contributed by atoms with Gasteiger partial charge < -0.3 is 5.73 Å². The average molecular weight is 340 g/mol. The van der Waals surface area contributed by atoms with Crippen LogP contribution in [0.2, 0.25) is 0 Å². The van der Waals surface area contributed by atoms with E-state index in [9.17, 15) is 14.0 Å². The van der Waals surface area contributed by atoms with Crippen molar-refractivity contribution < 1.29 is 14.0 Å². The molecular formula is C20H21FN2O2. The van der Waals surface area contributed by atoms with Gasteiger partial charge in [0.2, 0.25) is 5.91 Å². The number of benzene rings is 2. The molecule has 0 saturated carbocycles. The highest BCUT2D eigenvalue weighted by atomic mass is 19.1. The summed E-state index contributed by atoms with van der Waals surface area (Å²) in [6, 6.07) is 13.2. The van der Waals surface area contributed by atoms with Crippen LogP contribution in [0.25, 0.3) is 0 Å². The van der Waals surface area contributed by atoms with Crippen LogP contribution in [-0.2, 0) is 6.54 Å². The summed E-state index contributed by atoms with van der Waals surface area (Å²) in [7, 11) is 0. The molecule has 5 heteroatoms. The maximum atomic E-state index is 13.0. The van der Waals surface area contributed by atoms with Crippen LogP contribution in [0.5, 0.6) is 0 Å². The standard InChI is InChI=1S/C20H21FN2O2/c21-17-8-6-15(7-9-17)19(24)12-18-5-2-10-23(18)13-14-3-1-4-16(11-14)20(22)25/h1,3-4,6-9,11,18H,2,5,10,12-13H2,(H2,22,25). The molecule has 0 spiro atoms. The summed E-state index contributed by atoms with van der Waals surface area (Å²) in [6.45, 7) is 1.60. The summed E-state index contributed by atoms with van der Waals surface area (Å²) in [5.74, 6) is -0.748. The van der Waals surface area contributed by atoms with Gasteiger partial charge in [-0.2, -0.15) is 0 Å². The quantitative estimate of drug-likeness (QED) is 0.822. The van der Waals surface area contributed by atoms with Crippen LogP contribution in [0.15, 0.2) is 48.5 Å². The third-order valence-corrected chi connectivity index (χ3v) is 4.68. The fourth-order valence-electron chi connectivity index (χ4n) is 3.36. The molecule has 2 aromatic carbocycles. The van der Waals surface area contributed by atoms with E-state index < -0.39 is 5.91 Å². The average Bonchev–Trinajstić information content (AvgIpc) is 3.02. The monoisotopic (exact) mass is 340 g/mol. The Kier molecular flexibility index (Phi) is 5.24. The first-order valence-electron chi connectivity index (χ1n) is 8.44. The molecule has 2 aromatic rings. The summed E-state index contributed by atoms with van der Waals surface area (Å²) < 4.78 is 13.0. The van der Waals surface area contributed by atoms with Crippen molar-refractivity contribution in [2.75, 3.05) is 6.54 Å². The summed E-state index contributed by atoms with van der Waals surface area (Å²) in [6.07, 6.45) is 2.42. The van der Waals surface area contributed by atoms with Gasteiger partial charge in [0.25, 0.3) is 0 Å². The topological polar surface area (TPSA) is 63.4 Å². The van der Waals surface area contributed by atoms with Gasteiger partial charge in [-0.05, 0) is 61.3 Å². The van der Waals surface area contributed by atoms with Crippen LogP contribution >= 0.6 is 0 Å². The second-order valence-corrected chi connectivity index (χ2v) is 6.47. The van der Waals surface area contributed by atoms with Crippen molar-refractivity contribution in [3.8, 4) is 0 Å². The number of carbonyl (C=O) groups excluding carboxylic acids is 2. The molecule has 0 aromatic heterocycles. The molecular weight excluding hydrogens is 319 g/mol. The Bertz CT molecular complexity index is 774. The number of likely N-dealkylation sites (tertiary alicyclic amines) is 1. The molecule has 0 bridgehead atoms. The lowest BCUT2D eigenvalue weighted by atomic mass is 10.0. The molecule has 4 nitrogen and oxygen atoms in total. The Morgan fingerprint density at radius 1 is 1.12 bits per heavy atom. The Labute approximate surface area is 146 Å². The molecule has 1 saturated heterocycles. The van der Waals surface area contributed by atoms with E-state index in [4.69, 9.17) is 5.73 Å². The minimum absolute atomic E-state index is 0.0304. The number of amides is 1. The minimum atomic E-state index is -0.439. The van der Waals surface area contributed by atoms with Crippen LogP contribution < -0.4 is 5.73 Å². The molecule has 0 radical (unpaired) electrons. The van der Waals surface area contributed by atoms with Gasteiger partial charge in [-0.15, -0.1) is 0 Å². The van der Waals surface area contributed by atoms with Crippen molar-refractivity contribution >= 4 is 11.7 Å². The van der Waals surface area contributed by atoms with Gasteiger partial charge in [-0.25, -0.2) is 4.39 Å². The number of ketones is 1. The first-order chi connectivity index (χ1) is 12.0. The number of nitrogens with two attached hydrogens (primary N) is 1. The molecule has 25 heavy (non-hydrogen) atoms. The molecule has 3 rings (SSSR count). The Balaban J connectivity index is 1.66. The summed E-state index contributed by atoms with van der Waals surface area (Å²) >= 11 is 0. The van der Waals surface area contributed by atoms with E-state index in [-0.39, 0.29) is 17.6 Å². The van der Waals surface area contributed by atoms with Crippen LogP contribution in [0.4, 0.5) is 4.39 Å². The van der Waals surface area contributed by atoms with Crippen molar-refractivity contribution in [1.29, 1.82) is 0 Å². The minimum Gasteiger partial charge on any atom is -0.366 e. The molecule has 2 N–H and O–H groups in total. The molecule has 1 fully saturated rings. The molecule has 1 amide bonds. The van der Waals surface area contributed by atoms with E-state index in [1.54, 1.807) is 12.1 Å². The number of hydrogen-bond acceptors (Lipinski definition) is 3. The van der Waals surface area contributed by atoms with Crippen LogP contribution in [0, 0.1) is 5.82 Å². The van der Waals surface area contributed by atoms with Crippen LogP contribution in [0.1, 0.15) is 45.5 Å². The summed E-state index contributed by atoms with van der Waals surface area (Å²) in [5, 5.41) is 0. The first kappa shape index (κ1) is 17.3. The summed E-state index contributed by atoms with van der Waals surface area (Å²) in [4.78, 5) is 26.0. The number of rotatable bonds is 6. The normalized spacial score (nSPS) is 17.6. The lowest BCUT2D eigenvalue weighted by Gasteiger charge is -2.24. The largest absolute Gasteiger partial charge is 0.366 e. The van der Waals surface area contributed by atoms with E-state index in [0.29, 0.717) is 24.1 Å². The number of primary amides is 1. The second kappa shape index (κ2) is 7.57. The van der Waals surface area contributed by atoms with Crippen molar-refractivity contribution in [3.63, 3.8) is 0 Å². The van der Waals surface area contributed by atoms with Gasteiger partial charge in [-0.1, -0.05) is 12.1 Å². The number of Topliss-reactive ketones (excluding diaryl/α,β-unsaturated/α-hetero) is 1. The number of nitrogens with zero attached hydrogens (tertiary/aromatic N) is 1. The SMILES string of the molecule is NC(=O)c1cccc(CN2CCCC2CC(=O)c2ccc(F)cc2)c1. The Morgan fingerprint density at radius 3 is 2.60 bits per heavy atom. The Morgan fingerprint density at radius 2 is 1.88 bits per heavy atom. The van der Waals surface area contributed by atoms with E-state index in [2.05, 4.69) is 4.90 Å². The van der Waals surface area contributed by atoms with Crippen molar-refractivity contribution in [2.45, 2.75) is 31.8 Å². The lowest BCUT2D eigenvalue weighted by molar-refractivity contribution is 0.0938. The predicted octanol–water partition coefficient (Wildman–Crippen LogP) is 3.16. The lowest BCUT2D eigenvalue weighted by Crippen LogP contribution is -2.31. The fraction of sp³-hybridized carbons (Fsp3) is 0.300. The second-order valence-electron chi connectivity index (χ2n) is 6.47. The first-order valence-corrected chi connectivity index (χ1v) is 8.44. The van der Waals surface area contributed by atoms with E-state index in [1.807, 2.05) is 12.1 Å². The molecule has 1 unspecified atom stereocenters. The van der Waals surface area contributed by atoms with E-state index in [0.717, 1.165) is 24.9 Å². The summed E-state index contributed by atoms with van der Waals surface area (Å²) in [5.41, 5.74) is 7.39. The third-order valence-electron chi connectivity index (χ3n) is 4.68. The van der Waals surface area contributed by atoms with Crippen molar-refractivity contribution in [2.24, 2.45) is 5.73 Å². The molecule has 130 valence electrons. The number of carbonyl (C=O) groups is 2. The van der Waals surface area contributed by atoms with E-state index in [1.165, 1.54) is 24.3 Å². The van der Waals surface area contributed by atoms with Gasteiger partial charge in [0.15, 0.2) is 5.78 Å². The van der Waals surface area contributed by atoms with Gasteiger partial charge in [0, 0.05) is 30.1 Å². The molecule has 1 atom stereocenters. The molecule has 0 aliphatic carbocycles. The molecule has 1 aliphatic rings. The smallest absolute Gasteiger partial charge is 0.248 e.